The topological polar surface area (TPSA) is 4.93 Å². The third-order valence-electron chi connectivity index (χ3n) is 14.9. The summed E-state index contributed by atoms with van der Waals surface area (Å²) in [6.45, 7) is 14.8. The number of fused-ring (bicyclic) bond motifs is 10. The first kappa shape index (κ1) is 34.8. The van der Waals surface area contributed by atoms with Gasteiger partial charge in [0, 0.05) is 16.5 Å². The molecule has 1 aliphatic carbocycles. The fraction of sp³-hybridized carbons (Fsp3) is 0.158. The van der Waals surface area contributed by atoms with Gasteiger partial charge in [0.1, 0.15) is 0 Å². The molecule has 0 radical (unpaired) electrons. The average Bonchev–Trinajstić information content (AvgIpc) is 3.63. The second-order valence-electron chi connectivity index (χ2n) is 18.1. The predicted molar refractivity (Wildman–Crippen MR) is 249 cm³/mol. The molecule has 1 heteroatoms. The summed E-state index contributed by atoms with van der Waals surface area (Å²) in [5.74, 6) is 0. The molecular weight excluding hydrogens is 699 g/mol. The van der Waals surface area contributed by atoms with E-state index in [1.807, 2.05) is 0 Å². The third-order valence-corrected chi connectivity index (χ3v) is 14.9. The Hall–Kier alpha value is -6.44. The Bertz CT molecular complexity index is 3240. The van der Waals surface area contributed by atoms with Gasteiger partial charge in [-0.3, -0.25) is 0 Å². The zero-order valence-corrected chi connectivity index (χ0v) is 34.2. The molecule has 0 fully saturated rings. The van der Waals surface area contributed by atoms with Crippen LogP contribution in [0.4, 0.5) is 0 Å². The van der Waals surface area contributed by atoms with E-state index in [0.717, 1.165) is 0 Å². The van der Waals surface area contributed by atoms with Crippen LogP contribution in [-0.4, -0.2) is 4.57 Å². The summed E-state index contributed by atoms with van der Waals surface area (Å²) in [5, 5.41) is 10.3. The lowest BCUT2D eigenvalue weighted by atomic mass is 9.59. The fourth-order valence-electron chi connectivity index (χ4n) is 10.6. The SMILES string of the molecule is CC1(C)c2cc(-c3ccc4c(c3)c3cc(-c5ccccc5)ccc3n4-c3ccccc3)c(-c3cccc4c5ccccc5c5ccccc5c34)cc2C(C)(C)C1(C)C. The number of nitrogens with zero attached hydrogens (tertiary/aromatic N) is 1. The summed E-state index contributed by atoms with van der Waals surface area (Å²) < 4.78 is 2.43. The van der Waals surface area contributed by atoms with Crippen molar-refractivity contribution in [2.75, 3.05) is 0 Å². The normalized spacial score (nSPS) is 15.5. The molecule has 0 atom stereocenters. The van der Waals surface area contributed by atoms with Gasteiger partial charge in [0.2, 0.25) is 0 Å². The molecule has 1 nitrogen and oxygen atoms in total. The highest BCUT2D eigenvalue weighted by Gasteiger charge is 2.57. The van der Waals surface area contributed by atoms with Gasteiger partial charge in [-0.2, -0.15) is 0 Å². The molecule has 1 aromatic heterocycles. The second kappa shape index (κ2) is 12.3. The Kier molecular flexibility index (Phi) is 7.36. The van der Waals surface area contributed by atoms with E-state index in [1.165, 1.54) is 104 Å². The number of para-hydroxylation sites is 1. The van der Waals surface area contributed by atoms with Crippen molar-refractivity contribution in [2.24, 2.45) is 5.41 Å². The molecule has 0 saturated heterocycles. The number of hydrogen-bond donors (Lipinski definition) is 0. The average molecular weight is 746 g/mol. The Morgan fingerprint density at radius 3 is 1.40 bits per heavy atom. The van der Waals surface area contributed by atoms with Crippen LogP contribution < -0.4 is 0 Å². The summed E-state index contributed by atoms with van der Waals surface area (Å²) in [7, 11) is 0. The van der Waals surface area contributed by atoms with Gasteiger partial charge in [0.15, 0.2) is 0 Å². The molecule has 11 rings (SSSR count). The van der Waals surface area contributed by atoms with E-state index in [0.29, 0.717) is 0 Å². The quantitative estimate of drug-likeness (QED) is 0.158. The molecule has 1 heterocycles. The van der Waals surface area contributed by atoms with Crippen LogP contribution in [0.1, 0.15) is 52.7 Å². The second-order valence-corrected chi connectivity index (χ2v) is 18.1. The molecule has 280 valence electrons. The van der Waals surface area contributed by atoms with Gasteiger partial charge in [-0.05, 0) is 142 Å². The van der Waals surface area contributed by atoms with Crippen LogP contribution in [0, 0.1) is 5.41 Å². The molecule has 0 N–H and O–H groups in total. The fourth-order valence-corrected chi connectivity index (χ4v) is 10.6. The lowest BCUT2D eigenvalue weighted by Gasteiger charge is -2.44. The molecular formula is C57H47N. The highest BCUT2D eigenvalue weighted by atomic mass is 15.0. The summed E-state index contributed by atoms with van der Waals surface area (Å²) in [5.41, 5.74) is 14.0. The Morgan fingerprint density at radius 1 is 0.328 bits per heavy atom. The maximum absolute atomic E-state index is 2.59. The number of hydrogen-bond acceptors (Lipinski definition) is 0. The molecule has 0 saturated carbocycles. The van der Waals surface area contributed by atoms with Crippen LogP contribution in [-0.2, 0) is 10.8 Å². The molecule has 0 bridgehead atoms. The van der Waals surface area contributed by atoms with Gasteiger partial charge >= 0.3 is 0 Å². The maximum Gasteiger partial charge on any atom is 0.0541 e. The highest BCUT2D eigenvalue weighted by Crippen LogP contribution is 2.63. The van der Waals surface area contributed by atoms with Crippen molar-refractivity contribution in [3.8, 4) is 39.1 Å². The van der Waals surface area contributed by atoms with E-state index in [2.05, 4.69) is 222 Å². The van der Waals surface area contributed by atoms with Crippen LogP contribution in [0.15, 0.2) is 176 Å². The van der Waals surface area contributed by atoms with E-state index >= 15 is 0 Å². The summed E-state index contributed by atoms with van der Waals surface area (Å²) in [6, 6.07) is 65.9. The first-order valence-corrected chi connectivity index (χ1v) is 20.8. The minimum absolute atomic E-state index is 0.0286. The van der Waals surface area contributed by atoms with Crippen LogP contribution in [0.5, 0.6) is 0 Å². The minimum atomic E-state index is -0.0429. The zero-order valence-electron chi connectivity index (χ0n) is 34.2. The lowest BCUT2D eigenvalue weighted by molar-refractivity contribution is 0.125. The minimum Gasteiger partial charge on any atom is -0.309 e. The predicted octanol–water partition coefficient (Wildman–Crippen LogP) is 15.8. The standard InChI is InChI=1S/C57H47N/c1-55(2)50-34-46(38-29-31-53-49(33-38)48-32-37(36-18-9-7-10-19-36)28-30-52(48)58(53)39-20-11-8-12-21-39)47(35-51(50)56(3,4)57(55,5)6)45-27-17-26-44-42-23-14-13-22-40(42)41-24-15-16-25-43(41)54(44)45/h7-35H,1-6H3. The molecule has 0 spiro atoms. The van der Waals surface area contributed by atoms with Gasteiger partial charge < -0.3 is 4.57 Å². The summed E-state index contributed by atoms with van der Waals surface area (Å²) >= 11 is 0. The Balaban J connectivity index is 1.26. The van der Waals surface area contributed by atoms with Crippen LogP contribution in [0.3, 0.4) is 0 Å². The molecule has 10 aromatic rings. The van der Waals surface area contributed by atoms with E-state index in [-0.39, 0.29) is 16.2 Å². The number of rotatable bonds is 4. The molecule has 0 amide bonds. The van der Waals surface area contributed by atoms with Crippen molar-refractivity contribution < 1.29 is 0 Å². The highest BCUT2D eigenvalue weighted by molar-refractivity contribution is 6.28. The summed E-state index contributed by atoms with van der Waals surface area (Å²) in [6.07, 6.45) is 0. The molecule has 58 heavy (non-hydrogen) atoms. The maximum atomic E-state index is 2.59. The Labute approximate surface area is 341 Å². The van der Waals surface area contributed by atoms with Crippen molar-refractivity contribution in [1.82, 2.24) is 4.57 Å². The van der Waals surface area contributed by atoms with Crippen molar-refractivity contribution >= 4 is 54.1 Å². The lowest BCUT2D eigenvalue weighted by Crippen LogP contribution is -2.42. The van der Waals surface area contributed by atoms with Gasteiger partial charge in [-0.15, -0.1) is 0 Å². The van der Waals surface area contributed by atoms with Crippen LogP contribution in [0.25, 0.3) is 93.2 Å². The van der Waals surface area contributed by atoms with Gasteiger partial charge in [0.25, 0.3) is 0 Å². The van der Waals surface area contributed by atoms with Crippen molar-refractivity contribution in [2.45, 2.75) is 52.4 Å². The van der Waals surface area contributed by atoms with E-state index < -0.39 is 0 Å². The van der Waals surface area contributed by atoms with E-state index in [1.54, 1.807) is 0 Å². The van der Waals surface area contributed by atoms with Crippen molar-refractivity contribution in [1.29, 1.82) is 0 Å². The van der Waals surface area contributed by atoms with Crippen LogP contribution in [0.2, 0.25) is 0 Å². The van der Waals surface area contributed by atoms with Crippen molar-refractivity contribution in [3.05, 3.63) is 187 Å². The van der Waals surface area contributed by atoms with Gasteiger partial charge in [-0.25, -0.2) is 0 Å². The van der Waals surface area contributed by atoms with E-state index in [9.17, 15) is 0 Å². The zero-order chi connectivity index (χ0) is 39.6. The summed E-state index contributed by atoms with van der Waals surface area (Å²) in [4.78, 5) is 0. The molecule has 0 aliphatic heterocycles. The smallest absolute Gasteiger partial charge is 0.0541 e. The Morgan fingerprint density at radius 2 is 0.793 bits per heavy atom. The monoisotopic (exact) mass is 745 g/mol. The van der Waals surface area contributed by atoms with Gasteiger partial charge in [0.05, 0.1) is 11.0 Å². The largest absolute Gasteiger partial charge is 0.309 e. The van der Waals surface area contributed by atoms with Crippen LogP contribution >= 0.6 is 0 Å². The third kappa shape index (κ3) is 4.71. The first-order chi connectivity index (χ1) is 28.1. The first-order valence-electron chi connectivity index (χ1n) is 20.8. The molecule has 1 aliphatic rings. The van der Waals surface area contributed by atoms with Crippen molar-refractivity contribution in [3.63, 3.8) is 0 Å². The molecule has 0 unspecified atom stereocenters. The number of aromatic nitrogens is 1. The van der Waals surface area contributed by atoms with Gasteiger partial charge in [-0.1, -0.05) is 169 Å². The number of benzene rings is 9. The molecule has 9 aromatic carbocycles. The van der Waals surface area contributed by atoms with E-state index in [4.69, 9.17) is 0 Å².